The number of ether oxygens (including phenoxy) is 1. The van der Waals surface area contributed by atoms with Crippen LogP contribution in [0.1, 0.15) is 129 Å². The molecule has 1 aromatic carbocycles. The zero-order chi connectivity index (χ0) is 21.9. The Morgan fingerprint density at radius 3 is 1.70 bits per heavy atom. The molecule has 1 rings (SSSR count). The third-order valence-corrected chi connectivity index (χ3v) is 6.20. The molecule has 30 heavy (non-hydrogen) atoms. The van der Waals surface area contributed by atoms with Gasteiger partial charge in [0, 0.05) is 6.42 Å². The molecule has 1 unspecified atom stereocenters. The van der Waals surface area contributed by atoms with Crippen molar-refractivity contribution in [2.45, 2.75) is 130 Å². The van der Waals surface area contributed by atoms with Gasteiger partial charge in [0.25, 0.3) is 0 Å². The number of carbonyl (C=O) groups is 1. The summed E-state index contributed by atoms with van der Waals surface area (Å²) in [6.45, 7) is 6.53. The van der Waals surface area contributed by atoms with E-state index in [-0.39, 0.29) is 5.97 Å². The molecule has 2 nitrogen and oxygen atoms in total. The van der Waals surface area contributed by atoms with Gasteiger partial charge in [0.05, 0.1) is 0 Å². The van der Waals surface area contributed by atoms with Crippen molar-refractivity contribution >= 4 is 5.97 Å². The molecule has 0 aliphatic heterocycles. The zero-order valence-corrected chi connectivity index (χ0v) is 20.2. The van der Waals surface area contributed by atoms with Crippen molar-refractivity contribution in [2.75, 3.05) is 0 Å². The van der Waals surface area contributed by atoms with Crippen LogP contribution in [0.15, 0.2) is 24.3 Å². The fraction of sp³-hybridized carbons (Fsp3) is 0.750. The third-order valence-electron chi connectivity index (χ3n) is 6.20. The molecule has 1 aromatic rings. The average Bonchev–Trinajstić information content (AvgIpc) is 2.74. The molecule has 1 atom stereocenters. The number of hydrogen-bond acceptors (Lipinski definition) is 2. The van der Waals surface area contributed by atoms with Crippen LogP contribution < -0.4 is 4.74 Å². The summed E-state index contributed by atoms with van der Waals surface area (Å²) in [5.41, 5.74) is 1.03. The zero-order valence-electron chi connectivity index (χ0n) is 20.2. The first kappa shape index (κ1) is 26.7. The summed E-state index contributed by atoms with van der Waals surface area (Å²) in [7, 11) is 0. The lowest BCUT2D eigenvalue weighted by Gasteiger charge is -2.17. The molecule has 0 N–H and O–H groups in total. The van der Waals surface area contributed by atoms with Gasteiger partial charge in [-0.1, -0.05) is 122 Å². The normalized spacial score (nSPS) is 12.1. The molecule has 2 heteroatoms. The average molecular weight is 417 g/mol. The highest BCUT2D eigenvalue weighted by Crippen LogP contribution is 2.24. The van der Waals surface area contributed by atoms with Crippen LogP contribution in [0.2, 0.25) is 0 Å². The lowest BCUT2D eigenvalue weighted by Crippen LogP contribution is -2.15. The molecule has 172 valence electrons. The first-order valence-corrected chi connectivity index (χ1v) is 12.9. The topological polar surface area (TPSA) is 26.3 Å². The predicted molar refractivity (Wildman–Crippen MR) is 130 cm³/mol. The quantitative estimate of drug-likeness (QED) is 0.128. The molecular formula is C28H48O2. The monoisotopic (exact) mass is 416 g/mol. The highest BCUT2D eigenvalue weighted by atomic mass is 16.5. The minimum atomic E-state index is -0.0557. The van der Waals surface area contributed by atoms with Crippen molar-refractivity contribution in [3.05, 3.63) is 29.8 Å². The molecule has 0 amide bonds. The molecule has 0 saturated carbocycles. The lowest BCUT2D eigenvalue weighted by molar-refractivity contribution is -0.135. The molecule has 0 fully saturated rings. The van der Waals surface area contributed by atoms with Crippen LogP contribution in [0.3, 0.4) is 0 Å². The molecule has 0 radical (unpaired) electrons. The van der Waals surface area contributed by atoms with Gasteiger partial charge in [-0.2, -0.15) is 0 Å². The summed E-state index contributed by atoms with van der Waals surface area (Å²) in [5, 5.41) is 0. The third kappa shape index (κ3) is 13.8. The summed E-state index contributed by atoms with van der Waals surface area (Å²) in [4.78, 5) is 12.6. The van der Waals surface area contributed by atoms with Crippen LogP contribution in [0.4, 0.5) is 0 Å². The fourth-order valence-electron chi connectivity index (χ4n) is 4.20. The van der Waals surface area contributed by atoms with E-state index < -0.39 is 0 Å². The summed E-state index contributed by atoms with van der Waals surface area (Å²) < 4.78 is 5.68. The second-order valence-electron chi connectivity index (χ2n) is 9.13. The van der Waals surface area contributed by atoms with Crippen molar-refractivity contribution in [3.8, 4) is 5.75 Å². The van der Waals surface area contributed by atoms with E-state index in [4.69, 9.17) is 4.74 Å². The lowest BCUT2D eigenvalue weighted by atomic mass is 9.91. The van der Waals surface area contributed by atoms with Gasteiger partial charge in [-0.05, 0) is 37.3 Å². The number of rotatable bonds is 19. The molecule has 0 aliphatic carbocycles. The summed E-state index contributed by atoms with van der Waals surface area (Å²) in [5.74, 6) is 1.14. The van der Waals surface area contributed by atoms with Crippen LogP contribution in [0.25, 0.3) is 0 Å². The van der Waals surface area contributed by atoms with Gasteiger partial charge in [-0.15, -0.1) is 0 Å². The molecule has 0 aromatic heterocycles. The van der Waals surface area contributed by atoms with E-state index in [0.29, 0.717) is 18.1 Å². The van der Waals surface area contributed by atoms with E-state index in [0.717, 1.165) is 5.56 Å². The number of carbonyl (C=O) groups excluding carboxylic acids is 1. The van der Waals surface area contributed by atoms with Gasteiger partial charge in [0.1, 0.15) is 5.75 Å². The molecule has 0 heterocycles. The molecule has 0 saturated heterocycles. The SMILES string of the molecule is CCCCCCCCCCC(CCCCCCCC)CC(=O)Oc1ccccc1C. The van der Waals surface area contributed by atoms with Crippen LogP contribution in [-0.2, 0) is 4.79 Å². The second-order valence-corrected chi connectivity index (χ2v) is 9.13. The first-order valence-electron chi connectivity index (χ1n) is 12.9. The van der Waals surface area contributed by atoms with Gasteiger partial charge < -0.3 is 4.74 Å². The van der Waals surface area contributed by atoms with E-state index >= 15 is 0 Å². The Morgan fingerprint density at radius 1 is 0.733 bits per heavy atom. The number of unbranched alkanes of at least 4 members (excludes halogenated alkanes) is 12. The predicted octanol–water partition coefficient (Wildman–Crippen LogP) is 9.19. The summed E-state index contributed by atoms with van der Waals surface area (Å²) in [6.07, 6.45) is 21.6. The number of benzene rings is 1. The number of esters is 1. The van der Waals surface area contributed by atoms with Gasteiger partial charge >= 0.3 is 5.97 Å². The first-order chi connectivity index (χ1) is 14.7. The smallest absolute Gasteiger partial charge is 0.311 e. The minimum absolute atomic E-state index is 0.0557. The number of para-hydroxylation sites is 1. The van der Waals surface area contributed by atoms with Crippen molar-refractivity contribution in [3.63, 3.8) is 0 Å². The Labute approximate surface area is 187 Å². The Kier molecular flexibility index (Phi) is 16.4. The van der Waals surface area contributed by atoms with Crippen molar-refractivity contribution < 1.29 is 9.53 Å². The maximum Gasteiger partial charge on any atom is 0.311 e. The fourth-order valence-corrected chi connectivity index (χ4v) is 4.20. The number of hydrogen-bond donors (Lipinski definition) is 0. The van der Waals surface area contributed by atoms with Crippen LogP contribution in [0.5, 0.6) is 5.75 Å². The molecule has 0 aliphatic rings. The highest BCUT2D eigenvalue weighted by Gasteiger charge is 2.16. The Bertz CT molecular complexity index is 537. The van der Waals surface area contributed by atoms with Gasteiger partial charge in [-0.25, -0.2) is 0 Å². The van der Waals surface area contributed by atoms with E-state index in [9.17, 15) is 4.79 Å². The maximum atomic E-state index is 12.6. The van der Waals surface area contributed by atoms with Crippen molar-refractivity contribution in [1.82, 2.24) is 0 Å². The van der Waals surface area contributed by atoms with Gasteiger partial charge in [-0.3, -0.25) is 4.79 Å². The summed E-state index contributed by atoms with van der Waals surface area (Å²) >= 11 is 0. The Balaban J connectivity index is 2.35. The maximum absolute atomic E-state index is 12.6. The van der Waals surface area contributed by atoms with Crippen LogP contribution in [0, 0.1) is 12.8 Å². The Hall–Kier alpha value is -1.31. The minimum Gasteiger partial charge on any atom is -0.426 e. The summed E-state index contributed by atoms with van der Waals surface area (Å²) in [6, 6.07) is 7.81. The molecule has 0 spiro atoms. The van der Waals surface area contributed by atoms with E-state index in [1.165, 1.54) is 103 Å². The molecular weight excluding hydrogens is 368 g/mol. The van der Waals surface area contributed by atoms with Crippen LogP contribution >= 0.6 is 0 Å². The van der Waals surface area contributed by atoms with Crippen LogP contribution in [-0.4, -0.2) is 5.97 Å². The highest BCUT2D eigenvalue weighted by molar-refractivity contribution is 5.73. The standard InChI is InChI=1S/C28H48O2/c1-4-6-8-10-12-13-15-17-22-26(21-16-14-11-9-7-5-2)24-28(29)30-27-23-19-18-20-25(27)3/h18-20,23,26H,4-17,21-22,24H2,1-3H3. The van der Waals surface area contributed by atoms with E-state index in [1.54, 1.807) is 0 Å². The Morgan fingerprint density at radius 2 is 1.20 bits per heavy atom. The van der Waals surface area contributed by atoms with E-state index in [1.807, 2.05) is 31.2 Å². The second kappa shape index (κ2) is 18.5. The van der Waals surface area contributed by atoms with Gasteiger partial charge in [0.15, 0.2) is 0 Å². The van der Waals surface area contributed by atoms with E-state index in [2.05, 4.69) is 13.8 Å². The molecule has 0 bridgehead atoms. The van der Waals surface area contributed by atoms with Crippen molar-refractivity contribution in [1.29, 1.82) is 0 Å². The van der Waals surface area contributed by atoms with Crippen molar-refractivity contribution in [2.24, 2.45) is 5.92 Å². The van der Waals surface area contributed by atoms with Gasteiger partial charge in [0.2, 0.25) is 0 Å². The number of aryl methyl sites for hydroxylation is 1. The largest absolute Gasteiger partial charge is 0.426 e.